The Balaban J connectivity index is 1.84. The Morgan fingerprint density at radius 1 is 1.11 bits per heavy atom. The number of hydrogen-bond acceptors (Lipinski definition) is 5. The second kappa shape index (κ2) is 12.1. The zero-order chi connectivity index (χ0) is 26.2. The van der Waals surface area contributed by atoms with Crippen molar-refractivity contribution in [2.45, 2.75) is 20.8 Å². The van der Waals surface area contributed by atoms with E-state index in [0.717, 1.165) is 49.8 Å². The van der Waals surface area contributed by atoms with Crippen LogP contribution in [-0.4, -0.2) is 52.4 Å². The van der Waals surface area contributed by atoms with Gasteiger partial charge in [0.1, 0.15) is 23.5 Å². The van der Waals surface area contributed by atoms with Gasteiger partial charge in [-0.2, -0.15) is 0 Å². The number of aromatic nitrogens is 2. The molecule has 0 aliphatic heterocycles. The molecule has 0 saturated carbocycles. The molecule has 0 unspecified atom stereocenters. The van der Waals surface area contributed by atoms with Crippen molar-refractivity contribution in [1.29, 1.82) is 0 Å². The third kappa shape index (κ3) is 6.33. The fourth-order valence-electron chi connectivity index (χ4n) is 3.63. The molecule has 1 heterocycles. The van der Waals surface area contributed by atoms with Gasteiger partial charge in [0.05, 0.1) is 5.52 Å². The van der Waals surface area contributed by atoms with Crippen molar-refractivity contribution in [3.63, 3.8) is 0 Å². The lowest BCUT2D eigenvalue weighted by molar-refractivity contribution is -0.114. The summed E-state index contributed by atoms with van der Waals surface area (Å²) in [5.74, 6) is 0.482. The van der Waals surface area contributed by atoms with Crippen LogP contribution in [0.1, 0.15) is 26.3 Å². The van der Waals surface area contributed by atoms with Gasteiger partial charge in [-0.15, -0.1) is 5.37 Å². The maximum absolute atomic E-state index is 12.9. The maximum atomic E-state index is 12.9. The topological polar surface area (TPSA) is 87.2 Å². The van der Waals surface area contributed by atoms with Gasteiger partial charge >= 0.3 is 0 Å². The van der Waals surface area contributed by atoms with E-state index in [0.29, 0.717) is 18.9 Å². The third-order valence-electron chi connectivity index (χ3n) is 6.15. The van der Waals surface area contributed by atoms with E-state index in [1.165, 1.54) is 0 Å². The molecule has 0 fully saturated rings. The van der Waals surface area contributed by atoms with Crippen molar-refractivity contribution in [3.05, 3.63) is 82.9 Å². The molecule has 3 rings (SSSR count). The minimum atomic E-state index is 0.00230. The fourth-order valence-corrected chi connectivity index (χ4v) is 3.63. The Morgan fingerprint density at radius 2 is 1.89 bits per heavy atom. The van der Waals surface area contributed by atoms with Crippen molar-refractivity contribution in [3.8, 4) is 0 Å². The molecule has 10 heteroatoms. The molecular weight excluding hydrogens is 447 g/mol. The van der Waals surface area contributed by atoms with Gasteiger partial charge in [0, 0.05) is 35.7 Å². The average Bonchev–Trinajstić information content (AvgIpc) is 2.88. The average molecular weight is 477 g/mol. The number of hydrogen-bond donors (Lipinski definition) is 2. The maximum Gasteiger partial charge on any atom is 0.242 e. The predicted molar refractivity (Wildman–Crippen MR) is 157 cm³/mol. The van der Waals surface area contributed by atoms with Crippen LogP contribution in [0, 0.1) is 0 Å². The first kappa shape index (κ1) is 26.5. The summed E-state index contributed by atoms with van der Waals surface area (Å²) in [7, 11) is 5.75. The van der Waals surface area contributed by atoms with Crippen molar-refractivity contribution in [1.82, 2.24) is 15.3 Å². The summed E-state index contributed by atoms with van der Waals surface area (Å²) in [6, 6.07) is 13.7. The number of allylic oxidation sites excluding steroid dienone is 3. The molecule has 2 aromatic carbocycles. The highest BCUT2D eigenvalue weighted by molar-refractivity contribution is 6.56. The Morgan fingerprint density at radius 3 is 2.58 bits per heavy atom. The molecule has 0 spiro atoms. The summed E-state index contributed by atoms with van der Waals surface area (Å²) in [6.45, 7) is 6.57. The zero-order valence-corrected chi connectivity index (χ0v) is 21.7. The number of benzene rings is 2. The monoisotopic (exact) mass is 477 g/mol. The van der Waals surface area contributed by atoms with Gasteiger partial charge in [-0.25, -0.2) is 9.97 Å². The molecule has 180 valence electrons. The molecule has 0 atom stereocenters. The summed E-state index contributed by atoms with van der Waals surface area (Å²) < 4.78 is 0. The van der Waals surface area contributed by atoms with Gasteiger partial charge in [-0.05, 0) is 79.4 Å². The summed E-state index contributed by atoms with van der Waals surface area (Å²) in [6.07, 6.45) is 5.91. The van der Waals surface area contributed by atoms with E-state index in [9.17, 15) is 9.59 Å². The van der Waals surface area contributed by atoms with Crippen molar-refractivity contribution in [2.24, 2.45) is 0 Å². The van der Waals surface area contributed by atoms with Gasteiger partial charge in [0.25, 0.3) is 0 Å². The van der Waals surface area contributed by atoms with E-state index in [1.807, 2.05) is 86.8 Å². The minimum absolute atomic E-state index is 0.00230. The number of likely N-dealkylation sites (N-methyl/N-ethyl adjacent to an activating group) is 1. The van der Waals surface area contributed by atoms with Crippen LogP contribution in [0.15, 0.2) is 77.4 Å². The van der Waals surface area contributed by atoms with Crippen molar-refractivity contribution >= 4 is 69.7 Å². The largest absolute Gasteiger partial charge is 0.335 e. The zero-order valence-electron chi connectivity index (χ0n) is 21.7. The van der Waals surface area contributed by atoms with Gasteiger partial charge in [-0.1, -0.05) is 12.1 Å². The first-order valence-electron chi connectivity index (χ1n) is 11.9. The van der Waals surface area contributed by atoms with Crippen LogP contribution in [0.2, 0.25) is 0 Å². The van der Waals surface area contributed by atoms with E-state index in [1.54, 1.807) is 17.3 Å². The summed E-state index contributed by atoms with van der Waals surface area (Å²) in [5.41, 5.74) is 6.38. The Kier molecular flexibility index (Phi) is 8.89. The number of rotatable bonds is 9. The number of amides is 2. The molecule has 7 nitrogen and oxygen atoms in total. The van der Waals surface area contributed by atoms with Gasteiger partial charge in [0.2, 0.25) is 18.3 Å². The molecule has 36 heavy (non-hydrogen) atoms. The molecule has 0 aliphatic carbocycles. The molecule has 0 radical (unpaired) electrons. The highest BCUT2D eigenvalue weighted by Crippen LogP contribution is 2.25. The molecule has 3 aromatic rings. The predicted octanol–water partition coefficient (Wildman–Crippen LogP) is 1.85. The Hall–Kier alpha value is -4.07. The molecule has 0 aliphatic rings. The number of nitrogens with zero attached hydrogens (tertiary/aromatic N) is 3. The molecule has 0 saturated heterocycles. The van der Waals surface area contributed by atoms with Crippen LogP contribution in [0.3, 0.4) is 0 Å². The van der Waals surface area contributed by atoms with E-state index in [-0.39, 0.29) is 5.91 Å². The van der Waals surface area contributed by atoms with Gasteiger partial charge in [-0.3, -0.25) is 9.59 Å². The minimum Gasteiger partial charge on any atom is -0.335 e. The van der Waals surface area contributed by atoms with E-state index < -0.39 is 0 Å². The molecule has 0 bridgehead atoms. The van der Waals surface area contributed by atoms with Crippen LogP contribution < -0.4 is 15.5 Å². The van der Waals surface area contributed by atoms with Crippen LogP contribution in [0.4, 0.5) is 17.3 Å². The van der Waals surface area contributed by atoms with Crippen LogP contribution in [0.5, 0.6) is 0 Å². The first-order chi connectivity index (χ1) is 17.2. The summed E-state index contributed by atoms with van der Waals surface area (Å²) >= 11 is 0. The second-order valence-electron chi connectivity index (χ2n) is 8.74. The van der Waals surface area contributed by atoms with Crippen molar-refractivity contribution in [2.75, 3.05) is 16.8 Å². The smallest absolute Gasteiger partial charge is 0.242 e. The van der Waals surface area contributed by atoms with Crippen LogP contribution in [-0.2, 0) is 9.59 Å². The van der Waals surface area contributed by atoms with E-state index in [4.69, 9.17) is 0 Å². The lowest BCUT2D eigenvalue weighted by Crippen LogP contribution is -2.32. The normalized spacial score (nSPS) is 11.6. The Labute approximate surface area is 215 Å². The fraction of sp³-hybridized carbons (Fsp3) is 0.154. The number of carbonyl (C=O) groups excluding carboxylic acids is 2. The lowest BCUT2D eigenvalue weighted by atomic mass is 9.69. The third-order valence-corrected chi connectivity index (χ3v) is 6.15. The van der Waals surface area contributed by atoms with Gasteiger partial charge < -0.3 is 15.5 Å². The second-order valence-corrected chi connectivity index (χ2v) is 8.74. The molecule has 2 amide bonds. The van der Waals surface area contributed by atoms with E-state index in [2.05, 4.69) is 26.7 Å². The highest BCUT2D eigenvalue weighted by atomic mass is 16.2. The van der Waals surface area contributed by atoms with E-state index >= 15 is 0 Å². The summed E-state index contributed by atoms with van der Waals surface area (Å²) in [4.78, 5) is 34.3. The highest BCUT2D eigenvalue weighted by Gasteiger charge is 2.16. The molecule has 2 N–H and O–H groups in total. The van der Waals surface area contributed by atoms with Crippen LogP contribution >= 0.6 is 0 Å². The standard InChI is InChI=1S/C26H30B3N5O2/c1-4-34(25(36)23(27)24(28)29)21-7-5-6-20(13-21)32-26-31-14-19-12-18(8-9-22(19)33-26)17(3)16(2)10-11-30-15-35/h5-15H,4,27-29H2,1-3H3,(H,30,35)(H,31,32,33)/b11-10-,17-16+. The molecular formula is C26H30B3N5O2. The summed E-state index contributed by atoms with van der Waals surface area (Å²) in [5, 5.41) is 7.72. The van der Waals surface area contributed by atoms with Crippen LogP contribution in [0.25, 0.3) is 16.5 Å². The quantitative estimate of drug-likeness (QED) is 0.213. The first-order valence-corrected chi connectivity index (χ1v) is 11.9. The number of anilines is 3. The number of fused-ring (bicyclic) bond motifs is 1. The Bertz CT molecular complexity index is 1380. The van der Waals surface area contributed by atoms with Gasteiger partial charge in [0.15, 0.2) is 0 Å². The number of carbonyl (C=O) groups is 2. The SMILES string of the molecule is BC(B)=C(B)C(=O)N(CC)c1cccc(Nc2ncc3cc(/C(C)=C(C)/C=C\NC=O)ccc3n2)c1. The molecule has 1 aromatic heterocycles. The van der Waals surface area contributed by atoms with Crippen molar-refractivity contribution < 1.29 is 9.59 Å². The number of nitrogens with one attached hydrogen (secondary N) is 2. The lowest BCUT2D eigenvalue weighted by Gasteiger charge is -2.23.